The molecule has 1 amide bonds. The van der Waals surface area contributed by atoms with E-state index in [1.165, 1.54) is 37.5 Å². The van der Waals surface area contributed by atoms with E-state index in [1.54, 1.807) is 42.5 Å². The third-order valence-corrected chi connectivity index (χ3v) is 4.87. The van der Waals surface area contributed by atoms with Gasteiger partial charge in [-0.2, -0.15) is 5.26 Å². The average Bonchev–Trinajstić information content (AvgIpc) is 2.84. The molecule has 34 heavy (non-hydrogen) atoms. The molecule has 0 unspecified atom stereocenters. The summed E-state index contributed by atoms with van der Waals surface area (Å²) in [4.78, 5) is 12.5. The molecule has 0 saturated heterocycles. The molecule has 0 aromatic heterocycles. The van der Waals surface area contributed by atoms with Crippen LogP contribution in [0.3, 0.4) is 0 Å². The first kappa shape index (κ1) is 24.2. The van der Waals surface area contributed by atoms with E-state index in [9.17, 15) is 18.8 Å². The molecular formula is C27H22F2N2O3. The Bertz CT molecular complexity index is 1280. The van der Waals surface area contributed by atoms with Gasteiger partial charge < -0.3 is 14.8 Å². The van der Waals surface area contributed by atoms with Gasteiger partial charge >= 0.3 is 0 Å². The van der Waals surface area contributed by atoms with Gasteiger partial charge in [0.1, 0.15) is 29.9 Å². The number of ether oxygens (including phenoxy) is 2. The molecule has 5 nitrogen and oxygen atoms in total. The van der Waals surface area contributed by atoms with Crippen molar-refractivity contribution in [2.24, 2.45) is 0 Å². The van der Waals surface area contributed by atoms with E-state index >= 15 is 0 Å². The van der Waals surface area contributed by atoms with Crippen LogP contribution in [0.4, 0.5) is 14.5 Å². The summed E-state index contributed by atoms with van der Waals surface area (Å²) in [6, 6.07) is 17.1. The summed E-state index contributed by atoms with van der Waals surface area (Å²) in [7, 11) is 1.45. The zero-order chi connectivity index (χ0) is 24.5. The fraction of sp³-hybridized carbons (Fsp3) is 0.111. The highest BCUT2D eigenvalue weighted by molar-refractivity contribution is 6.09. The number of nitrogens with one attached hydrogen (secondary N) is 1. The fourth-order valence-corrected chi connectivity index (χ4v) is 3.22. The van der Waals surface area contributed by atoms with E-state index in [0.29, 0.717) is 34.6 Å². The minimum atomic E-state index is -0.753. The first-order chi connectivity index (χ1) is 16.5. The monoisotopic (exact) mass is 460 g/mol. The molecule has 0 fully saturated rings. The highest BCUT2D eigenvalue weighted by Gasteiger charge is 2.16. The first-order valence-electron chi connectivity index (χ1n) is 10.3. The van der Waals surface area contributed by atoms with Gasteiger partial charge in [0.2, 0.25) is 0 Å². The third kappa shape index (κ3) is 5.87. The van der Waals surface area contributed by atoms with E-state index in [1.807, 2.05) is 6.07 Å². The van der Waals surface area contributed by atoms with Crippen LogP contribution in [-0.2, 0) is 17.8 Å². The molecule has 0 atom stereocenters. The average molecular weight is 460 g/mol. The van der Waals surface area contributed by atoms with Crippen LogP contribution in [-0.4, -0.2) is 13.0 Å². The van der Waals surface area contributed by atoms with E-state index in [0.717, 1.165) is 0 Å². The SMILES string of the molecule is C=CCc1cc(/C=C(/C#N)C(=O)Nc2ccccc2F)cc(OC)c1OCc1ccccc1F. The molecular weight excluding hydrogens is 438 g/mol. The predicted molar refractivity (Wildman–Crippen MR) is 126 cm³/mol. The number of rotatable bonds is 9. The molecule has 7 heteroatoms. The van der Waals surface area contributed by atoms with Crippen LogP contribution in [0.5, 0.6) is 11.5 Å². The van der Waals surface area contributed by atoms with Gasteiger partial charge in [0, 0.05) is 11.1 Å². The molecule has 0 aliphatic carbocycles. The number of hydrogen-bond donors (Lipinski definition) is 1. The van der Waals surface area contributed by atoms with Crippen LogP contribution in [0.2, 0.25) is 0 Å². The van der Waals surface area contributed by atoms with Crippen molar-refractivity contribution in [3.63, 3.8) is 0 Å². The lowest BCUT2D eigenvalue weighted by Gasteiger charge is -2.16. The van der Waals surface area contributed by atoms with E-state index in [4.69, 9.17) is 9.47 Å². The molecule has 0 aliphatic rings. The van der Waals surface area contributed by atoms with Gasteiger partial charge in [0.25, 0.3) is 5.91 Å². The van der Waals surface area contributed by atoms with Crippen LogP contribution in [0.25, 0.3) is 6.08 Å². The van der Waals surface area contributed by atoms with Gasteiger partial charge in [-0.3, -0.25) is 4.79 Å². The van der Waals surface area contributed by atoms with Gasteiger partial charge in [-0.25, -0.2) is 8.78 Å². The molecule has 0 bridgehead atoms. The Kier molecular flexibility index (Phi) is 8.14. The van der Waals surface area contributed by atoms with E-state index in [2.05, 4.69) is 11.9 Å². The number of amides is 1. The van der Waals surface area contributed by atoms with Crippen LogP contribution >= 0.6 is 0 Å². The number of hydrogen-bond acceptors (Lipinski definition) is 4. The zero-order valence-corrected chi connectivity index (χ0v) is 18.5. The Morgan fingerprint density at radius 1 is 1.09 bits per heavy atom. The summed E-state index contributed by atoms with van der Waals surface area (Å²) in [6.07, 6.45) is 3.42. The number of carbonyl (C=O) groups is 1. The number of nitrogens with zero attached hydrogens (tertiary/aromatic N) is 1. The summed E-state index contributed by atoms with van der Waals surface area (Å²) >= 11 is 0. The van der Waals surface area contributed by atoms with Crippen molar-refractivity contribution in [1.29, 1.82) is 5.26 Å². The molecule has 0 heterocycles. The van der Waals surface area contributed by atoms with Crippen LogP contribution in [0, 0.1) is 23.0 Å². The third-order valence-electron chi connectivity index (χ3n) is 4.87. The predicted octanol–water partition coefficient (Wildman–Crippen LogP) is 5.83. The molecule has 0 radical (unpaired) electrons. The van der Waals surface area contributed by atoms with Crippen molar-refractivity contribution in [3.05, 3.63) is 107 Å². The number of para-hydroxylation sites is 1. The van der Waals surface area contributed by atoms with Gasteiger partial charge in [0.05, 0.1) is 12.8 Å². The van der Waals surface area contributed by atoms with E-state index in [-0.39, 0.29) is 23.7 Å². The summed E-state index contributed by atoms with van der Waals surface area (Å²) < 4.78 is 39.2. The second-order valence-electron chi connectivity index (χ2n) is 7.19. The Morgan fingerprint density at radius 3 is 2.44 bits per heavy atom. The first-order valence-corrected chi connectivity index (χ1v) is 10.3. The van der Waals surface area contributed by atoms with Gasteiger partial charge in [-0.15, -0.1) is 6.58 Å². The summed E-state index contributed by atoms with van der Waals surface area (Å²) in [5.74, 6) is -1.01. The minimum Gasteiger partial charge on any atom is -0.493 e. The Labute approximate surface area is 196 Å². The topological polar surface area (TPSA) is 71.4 Å². The highest BCUT2D eigenvalue weighted by atomic mass is 19.1. The summed E-state index contributed by atoms with van der Waals surface area (Å²) in [6.45, 7) is 3.73. The highest BCUT2D eigenvalue weighted by Crippen LogP contribution is 2.35. The molecule has 3 rings (SSSR count). The molecule has 0 aliphatic heterocycles. The minimum absolute atomic E-state index is 0.0170. The van der Waals surface area contributed by atoms with Crippen LogP contribution in [0.15, 0.2) is 78.9 Å². The van der Waals surface area contributed by atoms with Crippen LogP contribution < -0.4 is 14.8 Å². The van der Waals surface area contributed by atoms with Crippen molar-refractivity contribution in [2.45, 2.75) is 13.0 Å². The van der Waals surface area contributed by atoms with Gasteiger partial charge in [-0.1, -0.05) is 36.4 Å². The lowest BCUT2D eigenvalue weighted by Crippen LogP contribution is -2.14. The number of methoxy groups -OCH3 is 1. The number of halogens is 2. The Hall–Kier alpha value is -4.44. The van der Waals surface area contributed by atoms with Crippen molar-refractivity contribution in [1.82, 2.24) is 0 Å². The molecule has 172 valence electrons. The molecule has 0 saturated carbocycles. The Balaban J connectivity index is 1.92. The quantitative estimate of drug-likeness (QED) is 0.248. The van der Waals surface area contributed by atoms with E-state index < -0.39 is 11.7 Å². The summed E-state index contributed by atoms with van der Waals surface area (Å²) in [5, 5.41) is 11.9. The maximum Gasteiger partial charge on any atom is 0.266 e. The standard InChI is InChI=1S/C27H22F2N2O3/c1-3-8-19-13-18(14-21(16-30)27(32)31-24-12-7-6-11-23(24)29)15-25(33-2)26(19)34-17-20-9-4-5-10-22(20)28/h3-7,9-15H,1,8,17H2,2H3,(H,31,32)/b21-14-. The number of nitriles is 1. The van der Waals surface area contributed by atoms with Crippen molar-refractivity contribution in [2.75, 3.05) is 12.4 Å². The number of anilines is 1. The second-order valence-corrected chi connectivity index (χ2v) is 7.19. The largest absolute Gasteiger partial charge is 0.493 e. The maximum atomic E-state index is 14.0. The number of carbonyl (C=O) groups excluding carboxylic acids is 1. The smallest absolute Gasteiger partial charge is 0.266 e. The fourth-order valence-electron chi connectivity index (χ4n) is 3.22. The molecule has 3 aromatic carbocycles. The normalized spacial score (nSPS) is 10.8. The lowest BCUT2D eigenvalue weighted by molar-refractivity contribution is -0.112. The molecule has 3 aromatic rings. The van der Waals surface area contributed by atoms with Gasteiger partial charge in [-0.05, 0) is 48.4 Å². The van der Waals surface area contributed by atoms with Gasteiger partial charge in [0.15, 0.2) is 11.5 Å². The second kappa shape index (κ2) is 11.4. The van der Waals surface area contributed by atoms with Crippen molar-refractivity contribution in [3.8, 4) is 17.6 Å². The Morgan fingerprint density at radius 2 is 1.79 bits per heavy atom. The molecule has 0 spiro atoms. The number of allylic oxidation sites excluding steroid dienone is 1. The van der Waals surface area contributed by atoms with Crippen molar-refractivity contribution >= 4 is 17.7 Å². The zero-order valence-electron chi connectivity index (χ0n) is 18.5. The summed E-state index contributed by atoms with van der Waals surface area (Å²) in [5.41, 5.74) is 1.29. The lowest BCUT2D eigenvalue weighted by atomic mass is 10.0. The number of benzene rings is 3. The molecule has 1 N–H and O–H groups in total. The maximum absolute atomic E-state index is 14.0. The van der Waals surface area contributed by atoms with Crippen molar-refractivity contribution < 1.29 is 23.0 Å². The van der Waals surface area contributed by atoms with Crippen LogP contribution in [0.1, 0.15) is 16.7 Å².